The summed E-state index contributed by atoms with van der Waals surface area (Å²) < 4.78 is 4.74. The standard InChI is InChI=1S/C18H19ClN2O3/c1-12-14(19)7-5-9-15(12)21-17(22)10-11-20-16-8-4-3-6-13(16)18(23)24-2/h3-9,20H,10-11H2,1-2H3,(H,21,22). The van der Waals surface area contributed by atoms with E-state index in [4.69, 9.17) is 16.3 Å². The fraction of sp³-hybridized carbons (Fsp3) is 0.222. The van der Waals surface area contributed by atoms with Gasteiger partial charge in [-0.2, -0.15) is 0 Å². The molecule has 0 radical (unpaired) electrons. The van der Waals surface area contributed by atoms with E-state index < -0.39 is 5.97 Å². The average Bonchev–Trinajstić information content (AvgIpc) is 2.59. The van der Waals surface area contributed by atoms with Crippen molar-refractivity contribution < 1.29 is 14.3 Å². The van der Waals surface area contributed by atoms with E-state index in [2.05, 4.69) is 10.6 Å². The van der Waals surface area contributed by atoms with Crippen molar-refractivity contribution >= 4 is 34.9 Å². The van der Waals surface area contributed by atoms with E-state index in [1.165, 1.54) is 7.11 Å². The molecule has 126 valence electrons. The Bertz CT molecular complexity index is 747. The van der Waals surface area contributed by atoms with Crippen LogP contribution in [0.2, 0.25) is 5.02 Å². The summed E-state index contributed by atoms with van der Waals surface area (Å²) in [5.41, 5.74) is 2.60. The molecule has 2 aromatic rings. The number of methoxy groups -OCH3 is 1. The number of hydrogen-bond acceptors (Lipinski definition) is 4. The number of rotatable bonds is 6. The molecule has 1 amide bonds. The van der Waals surface area contributed by atoms with Crippen molar-refractivity contribution in [1.82, 2.24) is 0 Å². The molecule has 5 nitrogen and oxygen atoms in total. The summed E-state index contributed by atoms with van der Waals surface area (Å²) in [6, 6.07) is 12.4. The molecule has 2 N–H and O–H groups in total. The van der Waals surface area contributed by atoms with Gasteiger partial charge in [0.25, 0.3) is 0 Å². The minimum Gasteiger partial charge on any atom is -0.465 e. The lowest BCUT2D eigenvalue weighted by atomic mass is 10.1. The molecular formula is C18H19ClN2O3. The van der Waals surface area contributed by atoms with E-state index in [-0.39, 0.29) is 12.3 Å². The first-order valence-corrected chi connectivity index (χ1v) is 7.87. The van der Waals surface area contributed by atoms with Crippen molar-refractivity contribution in [3.63, 3.8) is 0 Å². The summed E-state index contributed by atoms with van der Waals surface area (Å²) in [5.74, 6) is -0.555. The SMILES string of the molecule is COC(=O)c1ccccc1NCCC(=O)Nc1cccc(Cl)c1C. The van der Waals surface area contributed by atoms with Crippen molar-refractivity contribution in [1.29, 1.82) is 0 Å². The second kappa shape index (κ2) is 8.36. The number of carbonyl (C=O) groups is 2. The van der Waals surface area contributed by atoms with E-state index in [0.29, 0.717) is 28.5 Å². The topological polar surface area (TPSA) is 67.4 Å². The zero-order valence-electron chi connectivity index (χ0n) is 13.6. The van der Waals surface area contributed by atoms with Crippen LogP contribution in [0.1, 0.15) is 22.3 Å². The van der Waals surface area contributed by atoms with Gasteiger partial charge in [-0.3, -0.25) is 4.79 Å². The highest BCUT2D eigenvalue weighted by Gasteiger charge is 2.11. The number of carbonyl (C=O) groups excluding carboxylic acids is 2. The highest BCUT2D eigenvalue weighted by atomic mass is 35.5. The number of para-hydroxylation sites is 1. The molecule has 0 spiro atoms. The third kappa shape index (κ3) is 4.49. The fourth-order valence-corrected chi connectivity index (χ4v) is 2.37. The molecule has 0 aliphatic rings. The van der Waals surface area contributed by atoms with Gasteiger partial charge in [0, 0.05) is 29.4 Å². The van der Waals surface area contributed by atoms with Gasteiger partial charge in [-0.05, 0) is 36.8 Å². The lowest BCUT2D eigenvalue weighted by Gasteiger charge is -2.12. The van der Waals surface area contributed by atoms with Gasteiger partial charge < -0.3 is 15.4 Å². The monoisotopic (exact) mass is 346 g/mol. The molecule has 0 aliphatic carbocycles. The van der Waals surface area contributed by atoms with Crippen LogP contribution >= 0.6 is 11.6 Å². The van der Waals surface area contributed by atoms with Crippen molar-refractivity contribution in [3.05, 3.63) is 58.6 Å². The van der Waals surface area contributed by atoms with Gasteiger partial charge in [0.05, 0.1) is 12.7 Å². The van der Waals surface area contributed by atoms with E-state index in [0.717, 1.165) is 5.56 Å². The number of amides is 1. The van der Waals surface area contributed by atoms with Gasteiger partial charge in [-0.15, -0.1) is 0 Å². The Morgan fingerprint density at radius 1 is 1.08 bits per heavy atom. The van der Waals surface area contributed by atoms with Gasteiger partial charge in [0.1, 0.15) is 0 Å². The van der Waals surface area contributed by atoms with Crippen LogP contribution in [-0.2, 0) is 9.53 Å². The maximum absolute atomic E-state index is 12.1. The van der Waals surface area contributed by atoms with Crippen LogP contribution < -0.4 is 10.6 Å². The summed E-state index contributed by atoms with van der Waals surface area (Å²) in [6.07, 6.45) is 0.251. The molecular weight excluding hydrogens is 328 g/mol. The maximum Gasteiger partial charge on any atom is 0.339 e. The molecule has 0 fully saturated rings. The van der Waals surface area contributed by atoms with Crippen LogP contribution in [0.15, 0.2) is 42.5 Å². The van der Waals surface area contributed by atoms with Crippen LogP contribution in [0.3, 0.4) is 0 Å². The predicted molar refractivity (Wildman–Crippen MR) is 95.7 cm³/mol. The van der Waals surface area contributed by atoms with Crippen LogP contribution in [0.5, 0.6) is 0 Å². The summed E-state index contributed by atoms with van der Waals surface area (Å²) >= 11 is 6.04. The molecule has 0 heterocycles. The Labute approximate surface area is 146 Å². The maximum atomic E-state index is 12.1. The lowest BCUT2D eigenvalue weighted by molar-refractivity contribution is -0.115. The van der Waals surface area contributed by atoms with Gasteiger partial charge in [-0.1, -0.05) is 29.8 Å². The third-order valence-corrected chi connectivity index (χ3v) is 3.95. The first-order chi connectivity index (χ1) is 11.5. The normalized spacial score (nSPS) is 10.1. The number of anilines is 2. The van der Waals surface area contributed by atoms with Crippen LogP contribution in [0.4, 0.5) is 11.4 Å². The minimum absolute atomic E-state index is 0.136. The quantitative estimate of drug-likeness (QED) is 0.779. The number of esters is 1. The fourth-order valence-electron chi connectivity index (χ4n) is 2.19. The predicted octanol–water partition coefficient (Wildman–Crippen LogP) is 3.88. The van der Waals surface area contributed by atoms with Crippen molar-refractivity contribution in [3.8, 4) is 0 Å². The number of ether oxygens (including phenoxy) is 1. The molecule has 0 atom stereocenters. The molecule has 2 rings (SSSR count). The van der Waals surface area contributed by atoms with Gasteiger partial charge in [-0.25, -0.2) is 4.79 Å². The zero-order valence-corrected chi connectivity index (χ0v) is 14.3. The minimum atomic E-state index is -0.419. The molecule has 0 saturated heterocycles. The van der Waals surface area contributed by atoms with Gasteiger partial charge in [0.15, 0.2) is 0 Å². The molecule has 6 heteroatoms. The summed E-state index contributed by atoms with van der Waals surface area (Å²) in [6.45, 7) is 2.24. The van der Waals surface area contributed by atoms with Crippen molar-refractivity contribution in [2.24, 2.45) is 0 Å². The Morgan fingerprint density at radius 3 is 2.54 bits per heavy atom. The number of nitrogens with one attached hydrogen (secondary N) is 2. The average molecular weight is 347 g/mol. The smallest absolute Gasteiger partial charge is 0.339 e. The third-order valence-electron chi connectivity index (χ3n) is 3.54. The lowest BCUT2D eigenvalue weighted by Crippen LogP contribution is -2.17. The molecule has 2 aromatic carbocycles. The Morgan fingerprint density at radius 2 is 1.79 bits per heavy atom. The number of hydrogen-bond donors (Lipinski definition) is 2. The second-order valence-corrected chi connectivity index (χ2v) is 5.58. The van der Waals surface area contributed by atoms with E-state index in [1.807, 2.05) is 13.0 Å². The van der Waals surface area contributed by atoms with Crippen LogP contribution in [0, 0.1) is 6.92 Å². The molecule has 0 saturated carbocycles. The van der Waals surface area contributed by atoms with Crippen molar-refractivity contribution in [2.75, 3.05) is 24.3 Å². The van der Waals surface area contributed by atoms with E-state index >= 15 is 0 Å². The second-order valence-electron chi connectivity index (χ2n) is 5.17. The molecule has 0 aromatic heterocycles. The summed E-state index contributed by atoms with van der Waals surface area (Å²) in [5, 5.41) is 6.52. The molecule has 0 bridgehead atoms. The Balaban J connectivity index is 1.92. The summed E-state index contributed by atoms with van der Waals surface area (Å²) in [7, 11) is 1.33. The molecule has 0 unspecified atom stereocenters. The van der Waals surface area contributed by atoms with Crippen molar-refractivity contribution in [2.45, 2.75) is 13.3 Å². The van der Waals surface area contributed by atoms with Crippen LogP contribution in [-0.4, -0.2) is 25.5 Å². The number of benzene rings is 2. The summed E-state index contributed by atoms with van der Waals surface area (Å²) in [4.78, 5) is 23.7. The Hall–Kier alpha value is -2.53. The highest BCUT2D eigenvalue weighted by Crippen LogP contribution is 2.23. The Kier molecular flexibility index (Phi) is 6.21. The number of halogens is 1. The first kappa shape index (κ1) is 17.8. The zero-order chi connectivity index (χ0) is 17.5. The first-order valence-electron chi connectivity index (χ1n) is 7.49. The van der Waals surface area contributed by atoms with E-state index in [1.54, 1.807) is 36.4 Å². The largest absolute Gasteiger partial charge is 0.465 e. The highest BCUT2D eigenvalue weighted by molar-refractivity contribution is 6.31. The van der Waals surface area contributed by atoms with Crippen LogP contribution in [0.25, 0.3) is 0 Å². The van der Waals surface area contributed by atoms with Gasteiger partial charge in [0.2, 0.25) is 5.91 Å². The van der Waals surface area contributed by atoms with E-state index in [9.17, 15) is 9.59 Å². The van der Waals surface area contributed by atoms with Gasteiger partial charge >= 0.3 is 5.97 Å². The molecule has 24 heavy (non-hydrogen) atoms. The molecule has 0 aliphatic heterocycles.